The number of rotatable bonds is 8. The number of aryl methyl sites for hydroxylation is 2. The van der Waals surface area contributed by atoms with E-state index in [4.69, 9.17) is 4.98 Å². The highest BCUT2D eigenvalue weighted by Gasteiger charge is 2.25. The summed E-state index contributed by atoms with van der Waals surface area (Å²) in [6, 6.07) is 11.1. The minimum atomic E-state index is -0.265. The molecule has 1 atom stereocenters. The Hall–Kier alpha value is -4.73. The summed E-state index contributed by atoms with van der Waals surface area (Å²) in [5.74, 6) is 1.70. The van der Waals surface area contributed by atoms with E-state index in [0.29, 0.717) is 23.9 Å². The van der Waals surface area contributed by atoms with E-state index < -0.39 is 0 Å². The molecule has 5 heterocycles. The van der Waals surface area contributed by atoms with Crippen molar-refractivity contribution in [2.75, 3.05) is 0 Å². The van der Waals surface area contributed by atoms with Gasteiger partial charge in [0.15, 0.2) is 11.6 Å². The molecular formula is C29H29N9O. The molecule has 10 heteroatoms. The fourth-order valence-electron chi connectivity index (χ4n) is 4.50. The van der Waals surface area contributed by atoms with Crippen LogP contribution in [-0.2, 0) is 6.42 Å². The Bertz CT molecular complexity index is 1620. The third kappa shape index (κ3) is 5.59. The number of hydrogen-bond acceptors (Lipinski definition) is 7. The van der Waals surface area contributed by atoms with Crippen molar-refractivity contribution in [1.82, 2.24) is 45.2 Å². The summed E-state index contributed by atoms with van der Waals surface area (Å²) in [7, 11) is 0. The Morgan fingerprint density at radius 2 is 1.92 bits per heavy atom. The highest BCUT2D eigenvalue weighted by atomic mass is 16.1. The first-order valence-electron chi connectivity index (χ1n) is 13.0. The molecule has 10 nitrogen and oxygen atoms in total. The van der Waals surface area contributed by atoms with Gasteiger partial charge in [-0.25, -0.2) is 19.6 Å². The van der Waals surface area contributed by atoms with Crippen molar-refractivity contribution >= 4 is 5.91 Å². The average Bonchev–Trinajstić information content (AvgIpc) is 3.53. The molecule has 0 aliphatic heterocycles. The van der Waals surface area contributed by atoms with Crippen LogP contribution in [0.15, 0.2) is 61.2 Å². The number of aromatic nitrogens is 8. The molecule has 1 amide bonds. The van der Waals surface area contributed by atoms with Crippen LogP contribution in [0.4, 0.5) is 0 Å². The number of carbonyl (C=O) groups excluding carboxylic acids is 1. The average molecular weight is 520 g/mol. The van der Waals surface area contributed by atoms with Gasteiger partial charge in [0.1, 0.15) is 5.69 Å². The largest absolute Gasteiger partial charge is 0.344 e. The van der Waals surface area contributed by atoms with Crippen LogP contribution >= 0.6 is 0 Å². The molecule has 0 radical (unpaired) electrons. The van der Waals surface area contributed by atoms with Crippen molar-refractivity contribution < 1.29 is 4.79 Å². The first-order chi connectivity index (χ1) is 18.9. The standard InChI is InChI=1S/C29H29N9O/c1-17-10-24(12-25-11-18(2)36-37-25)35-28(33-17)22-6-8-26(30-14-22)29(39)34-19(3)21-7-9-27(31-13-21)38-16-23(15-32-38)20-4-5-20/h6-11,13-16,19-20H,4-5,12H2,1-3H3,(H,34,39)(H,36,37)/t19-/m0/s1. The molecule has 0 saturated heterocycles. The number of amides is 1. The molecule has 1 fully saturated rings. The Morgan fingerprint density at radius 1 is 1.05 bits per heavy atom. The highest BCUT2D eigenvalue weighted by molar-refractivity contribution is 5.92. The molecule has 196 valence electrons. The number of nitrogens with zero attached hydrogens (tertiary/aromatic N) is 7. The van der Waals surface area contributed by atoms with Gasteiger partial charge in [-0.1, -0.05) is 6.07 Å². The van der Waals surface area contributed by atoms with Crippen LogP contribution < -0.4 is 5.32 Å². The van der Waals surface area contributed by atoms with Crippen LogP contribution in [0.5, 0.6) is 0 Å². The van der Waals surface area contributed by atoms with E-state index in [9.17, 15) is 4.79 Å². The normalized spacial score (nSPS) is 13.8. The van der Waals surface area contributed by atoms with Crippen molar-refractivity contribution in [2.45, 2.75) is 52.0 Å². The summed E-state index contributed by atoms with van der Waals surface area (Å²) in [5, 5.41) is 14.7. The van der Waals surface area contributed by atoms with E-state index in [2.05, 4.69) is 35.6 Å². The van der Waals surface area contributed by atoms with Gasteiger partial charge >= 0.3 is 0 Å². The van der Waals surface area contributed by atoms with E-state index in [1.54, 1.807) is 23.1 Å². The second kappa shape index (κ2) is 10.2. The van der Waals surface area contributed by atoms with Gasteiger partial charge in [-0.2, -0.15) is 10.2 Å². The Morgan fingerprint density at radius 3 is 2.62 bits per heavy atom. The fraction of sp³-hybridized carbons (Fsp3) is 0.276. The zero-order chi connectivity index (χ0) is 26.9. The Kier molecular flexibility index (Phi) is 6.44. The number of pyridine rings is 2. The first-order valence-corrected chi connectivity index (χ1v) is 13.0. The molecule has 1 saturated carbocycles. The zero-order valence-corrected chi connectivity index (χ0v) is 22.1. The van der Waals surface area contributed by atoms with Crippen molar-refractivity contribution in [3.8, 4) is 17.2 Å². The van der Waals surface area contributed by atoms with Gasteiger partial charge in [0.05, 0.1) is 23.6 Å². The second-order valence-corrected chi connectivity index (χ2v) is 10.1. The van der Waals surface area contributed by atoms with Gasteiger partial charge in [-0.05, 0) is 81.0 Å². The van der Waals surface area contributed by atoms with E-state index in [1.807, 2.05) is 63.5 Å². The number of H-pyrrole nitrogens is 1. The topological polar surface area (TPSA) is 127 Å². The predicted molar refractivity (Wildman–Crippen MR) is 145 cm³/mol. The van der Waals surface area contributed by atoms with Gasteiger partial charge in [0, 0.05) is 42.0 Å². The molecule has 0 aromatic carbocycles. The summed E-state index contributed by atoms with van der Waals surface area (Å²) >= 11 is 0. The van der Waals surface area contributed by atoms with E-state index in [1.165, 1.54) is 18.4 Å². The van der Waals surface area contributed by atoms with E-state index >= 15 is 0 Å². The summed E-state index contributed by atoms with van der Waals surface area (Å²) in [6.45, 7) is 5.82. The van der Waals surface area contributed by atoms with Gasteiger partial charge in [-0.3, -0.25) is 14.9 Å². The number of carbonyl (C=O) groups is 1. The van der Waals surface area contributed by atoms with Crippen LogP contribution in [0.2, 0.25) is 0 Å². The molecule has 5 aromatic heterocycles. The van der Waals surface area contributed by atoms with E-state index in [0.717, 1.165) is 39.7 Å². The molecule has 1 aliphatic carbocycles. The van der Waals surface area contributed by atoms with Crippen LogP contribution in [0.3, 0.4) is 0 Å². The summed E-state index contributed by atoms with van der Waals surface area (Å²) in [5.41, 5.74) is 6.87. The Labute approximate surface area is 226 Å². The van der Waals surface area contributed by atoms with Gasteiger partial charge in [0.2, 0.25) is 0 Å². The maximum absolute atomic E-state index is 12.9. The lowest BCUT2D eigenvalue weighted by molar-refractivity contribution is 0.0935. The third-order valence-electron chi connectivity index (χ3n) is 6.79. The lowest BCUT2D eigenvalue weighted by Crippen LogP contribution is -2.27. The van der Waals surface area contributed by atoms with Gasteiger partial charge < -0.3 is 5.32 Å². The quantitative estimate of drug-likeness (QED) is 0.311. The predicted octanol–water partition coefficient (Wildman–Crippen LogP) is 4.42. The molecule has 2 N–H and O–H groups in total. The molecule has 5 aromatic rings. The molecule has 0 unspecified atom stereocenters. The Balaban J connectivity index is 1.10. The second-order valence-electron chi connectivity index (χ2n) is 10.1. The number of hydrogen-bond donors (Lipinski definition) is 2. The maximum Gasteiger partial charge on any atom is 0.270 e. The minimum absolute atomic E-state index is 0.242. The molecule has 0 spiro atoms. The third-order valence-corrected chi connectivity index (χ3v) is 6.79. The molecule has 39 heavy (non-hydrogen) atoms. The number of nitrogens with one attached hydrogen (secondary N) is 2. The van der Waals surface area contributed by atoms with Crippen molar-refractivity contribution in [3.05, 3.63) is 101 Å². The van der Waals surface area contributed by atoms with E-state index in [-0.39, 0.29) is 11.9 Å². The first kappa shape index (κ1) is 24.6. The van der Waals surface area contributed by atoms with Crippen LogP contribution in [0, 0.1) is 13.8 Å². The highest BCUT2D eigenvalue weighted by Crippen LogP contribution is 2.39. The SMILES string of the molecule is Cc1cc(Cc2cc(C)[nH]n2)nc(-c2ccc(C(=O)N[C@@H](C)c3ccc(-n4cc(C5CC5)cn4)nc3)nc2)n1. The van der Waals surface area contributed by atoms with Crippen LogP contribution in [0.1, 0.15) is 76.1 Å². The van der Waals surface area contributed by atoms with Crippen molar-refractivity contribution in [3.63, 3.8) is 0 Å². The smallest absolute Gasteiger partial charge is 0.270 e. The van der Waals surface area contributed by atoms with Gasteiger partial charge in [0.25, 0.3) is 5.91 Å². The summed E-state index contributed by atoms with van der Waals surface area (Å²) in [4.78, 5) is 31.1. The maximum atomic E-state index is 12.9. The lowest BCUT2D eigenvalue weighted by Gasteiger charge is -2.14. The zero-order valence-electron chi connectivity index (χ0n) is 22.1. The molecular weight excluding hydrogens is 490 g/mol. The summed E-state index contributed by atoms with van der Waals surface area (Å²) in [6.07, 6.45) is 10.4. The molecule has 6 rings (SSSR count). The molecule has 1 aliphatic rings. The van der Waals surface area contributed by atoms with Crippen LogP contribution in [-0.4, -0.2) is 45.8 Å². The van der Waals surface area contributed by atoms with Crippen molar-refractivity contribution in [2.24, 2.45) is 0 Å². The monoisotopic (exact) mass is 519 g/mol. The fourth-order valence-corrected chi connectivity index (χ4v) is 4.50. The summed E-state index contributed by atoms with van der Waals surface area (Å²) < 4.78 is 1.80. The number of aromatic amines is 1. The minimum Gasteiger partial charge on any atom is -0.344 e. The molecule has 0 bridgehead atoms. The van der Waals surface area contributed by atoms with Gasteiger partial charge in [-0.15, -0.1) is 0 Å². The van der Waals surface area contributed by atoms with Crippen LogP contribution in [0.25, 0.3) is 17.2 Å². The lowest BCUT2D eigenvalue weighted by atomic mass is 10.1. The van der Waals surface area contributed by atoms with Crippen molar-refractivity contribution in [1.29, 1.82) is 0 Å².